The quantitative estimate of drug-likeness (QED) is 0.482. The summed E-state index contributed by atoms with van der Waals surface area (Å²) in [7, 11) is 0. The predicted molar refractivity (Wildman–Crippen MR) is 28.8 cm³/mol. The van der Waals surface area contributed by atoms with Crippen LogP contribution in [0.2, 0.25) is 0 Å². The molecule has 1 fully saturated rings. The van der Waals surface area contributed by atoms with Crippen molar-refractivity contribution in [2.75, 3.05) is 0 Å². The van der Waals surface area contributed by atoms with Gasteiger partial charge in [0.25, 0.3) is 0 Å². The van der Waals surface area contributed by atoms with Crippen molar-refractivity contribution in [2.45, 2.75) is 31.8 Å². The summed E-state index contributed by atoms with van der Waals surface area (Å²) >= 11 is 0. The van der Waals surface area contributed by atoms with Gasteiger partial charge in [0.15, 0.2) is 0 Å². The smallest absolute Gasteiger partial charge is 0.0572 e. The summed E-state index contributed by atoms with van der Waals surface area (Å²) in [6, 6.07) is 0. The SMILES string of the molecule is OC1[CH]CCCC1. The fourth-order valence-electron chi connectivity index (χ4n) is 0.926. The number of hydrogen-bond acceptors (Lipinski definition) is 1. The maximum atomic E-state index is 8.85. The zero-order valence-electron chi connectivity index (χ0n) is 4.43. The zero-order valence-corrected chi connectivity index (χ0v) is 4.43. The van der Waals surface area contributed by atoms with Crippen molar-refractivity contribution < 1.29 is 5.11 Å². The molecule has 0 aliphatic heterocycles. The highest BCUT2D eigenvalue weighted by atomic mass is 16.3. The molecule has 0 saturated heterocycles. The molecular formula is C6H11O. The first kappa shape index (κ1) is 5.10. The Morgan fingerprint density at radius 3 is 2.57 bits per heavy atom. The normalized spacial score (nSPS) is 25.3. The highest BCUT2D eigenvalue weighted by Crippen LogP contribution is 2.15. The molecule has 0 amide bonds. The van der Waals surface area contributed by atoms with Gasteiger partial charge in [-0.1, -0.05) is 12.8 Å². The lowest BCUT2D eigenvalue weighted by molar-refractivity contribution is 0.174. The Balaban J connectivity index is 2.12. The van der Waals surface area contributed by atoms with E-state index in [9.17, 15) is 0 Å². The molecule has 1 radical (unpaired) electrons. The van der Waals surface area contributed by atoms with Crippen molar-refractivity contribution in [2.24, 2.45) is 0 Å². The monoisotopic (exact) mass is 99.1 g/mol. The number of aliphatic hydroxyl groups is 1. The molecule has 0 bridgehead atoms. The lowest BCUT2D eigenvalue weighted by Gasteiger charge is -2.14. The fraction of sp³-hybridized carbons (Fsp3) is 0.833. The molecule has 7 heavy (non-hydrogen) atoms. The molecule has 0 aromatic rings. The third kappa shape index (κ3) is 1.48. The minimum Gasteiger partial charge on any atom is -0.393 e. The van der Waals surface area contributed by atoms with E-state index in [1.807, 2.05) is 6.42 Å². The van der Waals surface area contributed by atoms with Gasteiger partial charge < -0.3 is 5.11 Å². The Morgan fingerprint density at radius 2 is 2.29 bits per heavy atom. The molecule has 1 atom stereocenters. The standard InChI is InChI=1S/C6H11O/c7-6-4-2-1-3-5-6/h4,6-7H,1-3,5H2. The second kappa shape index (κ2) is 2.31. The first-order valence-electron chi connectivity index (χ1n) is 2.91. The topological polar surface area (TPSA) is 20.2 Å². The predicted octanol–water partition coefficient (Wildman–Crippen LogP) is 1.13. The average Bonchev–Trinajstić information content (AvgIpc) is 1.69. The minimum atomic E-state index is -0.0891. The van der Waals surface area contributed by atoms with Crippen molar-refractivity contribution in [3.63, 3.8) is 0 Å². The largest absolute Gasteiger partial charge is 0.393 e. The summed E-state index contributed by atoms with van der Waals surface area (Å²) in [4.78, 5) is 0. The van der Waals surface area contributed by atoms with E-state index in [-0.39, 0.29) is 6.10 Å². The van der Waals surface area contributed by atoms with Crippen LogP contribution in [-0.4, -0.2) is 11.2 Å². The molecule has 1 N–H and O–H groups in total. The van der Waals surface area contributed by atoms with Crippen LogP contribution in [0.3, 0.4) is 0 Å². The maximum Gasteiger partial charge on any atom is 0.0572 e. The summed E-state index contributed by atoms with van der Waals surface area (Å²) < 4.78 is 0. The van der Waals surface area contributed by atoms with E-state index in [2.05, 4.69) is 0 Å². The fourth-order valence-corrected chi connectivity index (χ4v) is 0.926. The third-order valence-corrected chi connectivity index (χ3v) is 1.39. The van der Waals surface area contributed by atoms with Gasteiger partial charge in [-0.15, -0.1) is 0 Å². The van der Waals surface area contributed by atoms with Crippen LogP contribution in [0.4, 0.5) is 0 Å². The van der Waals surface area contributed by atoms with Gasteiger partial charge in [-0.05, 0) is 19.3 Å². The van der Waals surface area contributed by atoms with Gasteiger partial charge in [0, 0.05) is 0 Å². The molecule has 0 spiro atoms. The Kier molecular flexibility index (Phi) is 1.69. The van der Waals surface area contributed by atoms with Crippen LogP contribution in [0, 0.1) is 6.42 Å². The molecule has 0 aromatic heterocycles. The summed E-state index contributed by atoms with van der Waals surface area (Å²) in [6.45, 7) is 0. The Labute approximate surface area is 44.4 Å². The second-order valence-corrected chi connectivity index (χ2v) is 2.09. The molecule has 41 valence electrons. The lowest BCUT2D eigenvalue weighted by Crippen LogP contribution is -2.10. The lowest BCUT2D eigenvalue weighted by atomic mass is 9.98. The van der Waals surface area contributed by atoms with Crippen LogP contribution in [0.5, 0.6) is 0 Å². The number of rotatable bonds is 0. The van der Waals surface area contributed by atoms with Gasteiger partial charge in [-0.2, -0.15) is 0 Å². The molecule has 0 aromatic carbocycles. The molecule has 1 aliphatic rings. The van der Waals surface area contributed by atoms with Crippen molar-refractivity contribution in [1.29, 1.82) is 0 Å². The molecule has 1 aliphatic carbocycles. The molecular weight excluding hydrogens is 88.1 g/mol. The summed E-state index contributed by atoms with van der Waals surface area (Å²) in [6.07, 6.45) is 6.48. The van der Waals surface area contributed by atoms with E-state index < -0.39 is 0 Å². The number of hydrogen-bond donors (Lipinski definition) is 1. The molecule has 0 heterocycles. The van der Waals surface area contributed by atoms with Gasteiger partial charge in [-0.3, -0.25) is 0 Å². The summed E-state index contributed by atoms with van der Waals surface area (Å²) in [5.74, 6) is 0. The van der Waals surface area contributed by atoms with E-state index in [1.165, 1.54) is 12.8 Å². The van der Waals surface area contributed by atoms with Crippen molar-refractivity contribution in [3.05, 3.63) is 6.42 Å². The van der Waals surface area contributed by atoms with E-state index in [0.29, 0.717) is 0 Å². The van der Waals surface area contributed by atoms with E-state index in [1.54, 1.807) is 0 Å². The molecule has 1 nitrogen and oxygen atoms in total. The summed E-state index contributed by atoms with van der Waals surface area (Å²) in [5.41, 5.74) is 0. The second-order valence-electron chi connectivity index (χ2n) is 2.09. The molecule has 1 saturated carbocycles. The van der Waals surface area contributed by atoms with Crippen molar-refractivity contribution in [3.8, 4) is 0 Å². The van der Waals surface area contributed by atoms with Crippen LogP contribution in [0.25, 0.3) is 0 Å². The minimum absolute atomic E-state index is 0.0891. The first-order chi connectivity index (χ1) is 3.39. The maximum absolute atomic E-state index is 8.85. The van der Waals surface area contributed by atoms with Gasteiger partial charge in [0.1, 0.15) is 0 Å². The Morgan fingerprint density at radius 1 is 1.43 bits per heavy atom. The highest BCUT2D eigenvalue weighted by molar-refractivity contribution is 4.79. The van der Waals surface area contributed by atoms with Crippen molar-refractivity contribution in [1.82, 2.24) is 0 Å². The number of aliphatic hydroxyl groups excluding tert-OH is 1. The van der Waals surface area contributed by atoms with Crippen LogP contribution in [0.1, 0.15) is 25.7 Å². The average molecular weight is 99.2 g/mol. The van der Waals surface area contributed by atoms with Gasteiger partial charge in [0.2, 0.25) is 0 Å². The highest BCUT2D eigenvalue weighted by Gasteiger charge is 2.08. The Bertz CT molecular complexity index is 46.1. The van der Waals surface area contributed by atoms with Crippen molar-refractivity contribution >= 4 is 0 Å². The Hall–Kier alpha value is -0.0400. The third-order valence-electron chi connectivity index (χ3n) is 1.39. The summed E-state index contributed by atoms with van der Waals surface area (Å²) in [5, 5.41) is 8.85. The zero-order chi connectivity index (χ0) is 5.11. The van der Waals surface area contributed by atoms with Crippen LogP contribution in [0.15, 0.2) is 0 Å². The van der Waals surface area contributed by atoms with Gasteiger partial charge >= 0.3 is 0 Å². The van der Waals surface area contributed by atoms with Crippen LogP contribution < -0.4 is 0 Å². The van der Waals surface area contributed by atoms with Gasteiger partial charge in [-0.25, -0.2) is 0 Å². The molecule has 1 unspecified atom stereocenters. The first-order valence-corrected chi connectivity index (χ1v) is 2.91. The van der Waals surface area contributed by atoms with Gasteiger partial charge in [0.05, 0.1) is 6.10 Å². The van der Waals surface area contributed by atoms with E-state index >= 15 is 0 Å². The molecule has 1 heteroatoms. The molecule has 1 rings (SSSR count). The van der Waals surface area contributed by atoms with Crippen LogP contribution in [-0.2, 0) is 0 Å². The van der Waals surface area contributed by atoms with E-state index in [4.69, 9.17) is 5.11 Å². The van der Waals surface area contributed by atoms with E-state index in [0.717, 1.165) is 12.8 Å². The van der Waals surface area contributed by atoms with Crippen LogP contribution >= 0.6 is 0 Å².